The molecule has 1 rings (SSSR count). The van der Waals surface area contributed by atoms with Crippen molar-refractivity contribution in [1.82, 2.24) is 0 Å². The van der Waals surface area contributed by atoms with Crippen molar-refractivity contribution in [3.05, 3.63) is 47.2 Å². The van der Waals surface area contributed by atoms with Crippen LogP contribution in [0.1, 0.15) is 10.4 Å². The second-order valence-corrected chi connectivity index (χ2v) is 2.80. The molecule has 0 radical (unpaired) electrons. The number of aliphatic hydroxyl groups is 1. The molecule has 0 amide bonds. The number of hydrogen-bond acceptors (Lipinski definition) is 3. The van der Waals surface area contributed by atoms with Gasteiger partial charge in [-0.05, 0) is 12.1 Å². The third-order valence-corrected chi connectivity index (χ3v) is 1.70. The van der Waals surface area contributed by atoms with E-state index in [2.05, 4.69) is 0 Å². The topological polar surface area (TPSA) is 74.6 Å². The van der Waals surface area contributed by atoms with Crippen LogP contribution >= 0.6 is 0 Å². The molecule has 0 aromatic heterocycles. The number of ketones is 1. The van der Waals surface area contributed by atoms with E-state index in [4.69, 9.17) is 10.2 Å². The van der Waals surface area contributed by atoms with Crippen molar-refractivity contribution >= 4 is 11.8 Å². The summed E-state index contributed by atoms with van der Waals surface area (Å²) in [6.45, 7) is 0. The lowest BCUT2D eigenvalue weighted by molar-refractivity contribution is -0.135. The number of carboxylic acids is 1. The molecule has 0 bridgehead atoms. The molecular formula is C10H6F2O4. The van der Waals surface area contributed by atoms with Gasteiger partial charge in [0, 0.05) is 6.08 Å². The predicted molar refractivity (Wildman–Crippen MR) is 49.0 cm³/mol. The molecule has 1 aromatic rings. The molecule has 0 aliphatic carbocycles. The first-order valence-corrected chi connectivity index (χ1v) is 4.05. The lowest BCUT2D eigenvalue weighted by Gasteiger charge is -2.00. The van der Waals surface area contributed by atoms with Crippen LogP contribution in [0.3, 0.4) is 0 Å². The highest BCUT2D eigenvalue weighted by atomic mass is 19.1. The molecule has 0 saturated heterocycles. The maximum atomic E-state index is 13.0. The van der Waals surface area contributed by atoms with Crippen LogP contribution in [0, 0.1) is 11.6 Å². The smallest absolute Gasteiger partial charge is 0.371 e. The van der Waals surface area contributed by atoms with Crippen LogP contribution in [-0.4, -0.2) is 22.0 Å². The normalized spacial score (nSPS) is 11.2. The van der Waals surface area contributed by atoms with Gasteiger partial charge >= 0.3 is 5.97 Å². The summed E-state index contributed by atoms with van der Waals surface area (Å²) < 4.78 is 26.1. The Morgan fingerprint density at radius 2 is 1.62 bits per heavy atom. The second kappa shape index (κ2) is 4.52. The molecule has 0 aliphatic rings. The van der Waals surface area contributed by atoms with E-state index >= 15 is 0 Å². The summed E-state index contributed by atoms with van der Waals surface area (Å²) in [5.41, 5.74) is -0.907. The van der Waals surface area contributed by atoms with Crippen LogP contribution in [0.2, 0.25) is 0 Å². The first-order valence-electron chi connectivity index (χ1n) is 4.05. The van der Waals surface area contributed by atoms with Crippen molar-refractivity contribution < 1.29 is 28.6 Å². The van der Waals surface area contributed by atoms with Crippen LogP contribution in [0.15, 0.2) is 30.0 Å². The molecular weight excluding hydrogens is 222 g/mol. The Hall–Kier alpha value is -2.24. The van der Waals surface area contributed by atoms with E-state index in [1.54, 1.807) is 0 Å². The molecule has 16 heavy (non-hydrogen) atoms. The fourth-order valence-electron chi connectivity index (χ4n) is 0.991. The van der Waals surface area contributed by atoms with Gasteiger partial charge in [-0.3, -0.25) is 4.79 Å². The maximum absolute atomic E-state index is 13.0. The van der Waals surface area contributed by atoms with Crippen molar-refractivity contribution in [2.24, 2.45) is 0 Å². The third-order valence-electron chi connectivity index (χ3n) is 1.70. The number of allylic oxidation sites excluding steroid dienone is 1. The van der Waals surface area contributed by atoms with E-state index in [0.29, 0.717) is 0 Å². The van der Waals surface area contributed by atoms with Crippen LogP contribution in [-0.2, 0) is 4.79 Å². The maximum Gasteiger partial charge on any atom is 0.371 e. The number of halogens is 2. The summed E-state index contributed by atoms with van der Waals surface area (Å²) in [7, 11) is 0. The fourth-order valence-corrected chi connectivity index (χ4v) is 0.991. The highest BCUT2D eigenvalue weighted by Gasteiger charge is 2.17. The van der Waals surface area contributed by atoms with Crippen LogP contribution < -0.4 is 0 Å². The van der Waals surface area contributed by atoms with Gasteiger partial charge in [-0.25, -0.2) is 13.6 Å². The van der Waals surface area contributed by atoms with Gasteiger partial charge in [0.2, 0.25) is 5.76 Å². The summed E-state index contributed by atoms with van der Waals surface area (Å²) in [4.78, 5) is 21.4. The zero-order valence-electron chi connectivity index (χ0n) is 7.78. The largest absolute Gasteiger partial charge is 0.502 e. The lowest BCUT2D eigenvalue weighted by Crippen LogP contribution is -2.07. The van der Waals surface area contributed by atoms with Gasteiger partial charge in [-0.2, -0.15) is 0 Å². The SMILES string of the molecule is O=C(O)/C(O)=C/C(=O)c1c(F)cccc1F. The van der Waals surface area contributed by atoms with Gasteiger partial charge in [0.05, 0.1) is 5.56 Å². The zero-order valence-corrected chi connectivity index (χ0v) is 7.78. The van der Waals surface area contributed by atoms with Crippen molar-refractivity contribution in [2.75, 3.05) is 0 Å². The number of aliphatic carboxylic acids is 1. The summed E-state index contributed by atoms with van der Waals surface area (Å²) >= 11 is 0. The number of carbonyl (C=O) groups excluding carboxylic acids is 1. The Morgan fingerprint density at radius 3 is 2.06 bits per heavy atom. The highest BCUT2D eigenvalue weighted by Crippen LogP contribution is 2.13. The Morgan fingerprint density at radius 1 is 1.12 bits per heavy atom. The first kappa shape index (κ1) is 11.8. The number of carbonyl (C=O) groups is 2. The molecule has 1 aromatic carbocycles. The molecule has 2 N–H and O–H groups in total. The van der Waals surface area contributed by atoms with Crippen LogP contribution in [0.25, 0.3) is 0 Å². The van der Waals surface area contributed by atoms with Gasteiger partial charge in [-0.15, -0.1) is 0 Å². The Bertz CT molecular complexity index is 459. The first-order chi connectivity index (χ1) is 7.43. The molecule has 0 fully saturated rings. The Labute approximate surface area is 88.4 Å². The van der Waals surface area contributed by atoms with E-state index in [1.807, 2.05) is 0 Å². The van der Waals surface area contributed by atoms with Crippen molar-refractivity contribution in [2.45, 2.75) is 0 Å². The summed E-state index contributed by atoms with van der Waals surface area (Å²) in [6, 6.07) is 2.76. The van der Waals surface area contributed by atoms with Crippen molar-refractivity contribution in [3.8, 4) is 0 Å². The number of benzene rings is 1. The molecule has 84 valence electrons. The quantitative estimate of drug-likeness (QED) is 0.468. The minimum absolute atomic E-state index is 0.240. The summed E-state index contributed by atoms with van der Waals surface area (Å²) in [5.74, 6) is -6.55. The molecule has 0 spiro atoms. The standard InChI is InChI=1S/C10H6F2O4/c11-5-2-1-3-6(12)9(5)7(13)4-8(14)10(15)16/h1-4,14H,(H,15,16)/b8-4-. The highest BCUT2D eigenvalue weighted by molar-refractivity contribution is 6.08. The Balaban J connectivity index is 3.16. The van der Waals surface area contributed by atoms with Gasteiger partial charge in [0.1, 0.15) is 11.6 Å². The van der Waals surface area contributed by atoms with Gasteiger partial charge in [0.15, 0.2) is 5.78 Å². The molecule has 0 aliphatic heterocycles. The van der Waals surface area contributed by atoms with E-state index in [1.165, 1.54) is 0 Å². The van der Waals surface area contributed by atoms with E-state index in [-0.39, 0.29) is 6.08 Å². The minimum Gasteiger partial charge on any atom is -0.502 e. The monoisotopic (exact) mass is 228 g/mol. The predicted octanol–water partition coefficient (Wildman–Crippen LogP) is 1.67. The second-order valence-electron chi connectivity index (χ2n) is 2.80. The average Bonchev–Trinajstić information content (AvgIpc) is 2.16. The summed E-state index contributed by atoms with van der Waals surface area (Å²) in [5, 5.41) is 17.0. The number of hydrogen-bond donors (Lipinski definition) is 2. The molecule has 0 heterocycles. The van der Waals surface area contributed by atoms with Gasteiger partial charge in [0.25, 0.3) is 0 Å². The Kier molecular flexibility index (Phi) is 3.34. The van der Waals surface area contributed by atoms with E-state index in [9.17, 15) is 18.4 Å². The minimum atomic E-state index is -1.76. The number of rotatable bonds is 3. The number of aliphatic hydroxyl groups excluding tert-OH is 1. The fraction of sp³-hybridized carbons (Fsp3) is 0. The molecule has 4 nitrogen and oxygen atoms in total. The van der Waals surface area contributed by atoms with Crippen molar-refractivity contribution in [3.63, 3.8) is 0 Å². The molecule has 0 atom stereocenters. The van der Waals surface area contributed by atoms with Crippen LogP contribution in [0.4, 0.5) is 8.78 Å². The molecule has 0 saturated carbocycles. The molecule has 0 unspecified atom stereocenters. The lowest BCUT2D eigenvalue weighted by atomic mass is 10.1. The summed E-state index contributed by atoms with van der Waals surface area (Å²) in [6.07, 6.45) is 0.240. The molecule has 6 heteroatoms. The van der Waals surface area contributed by atoms with Crippen LogP contribution in [0.5, 0.6) is 0 Å². The van der Waals surface area contributed by atoms with E-state index < -0.39 is 34.7 Å². The number of carboxylic acid groups (broad SMARTS) is 1. The van der Waals surface area contributed by atoms with Crippen molar-refractivity contribution in [1.29, 1.82) is 0 Å². The zero-order chi connectivity index (χ0) is 12.3. The third kappa shape index (κ3) is 2.41. The van der Waals surface area contributed by atoms with Gasteiger partial charge < -0.3 is 10.2 Å². The van der Waals surface area contributed by atoms with Gasteiger partial charge in [-0.1, -0.05) is 6.07 Å². The van der Waals surface area contributed by atoms with E-state index in [0.717, 1.165) is 18.2 Å². The average molecular weight is 228 g/mol.